The van der Waals surface area contributed by atoms with Crippen LogP contribution in [0.2, 0.25) is 0 Å². The van der Waals surface area contributed by atoms with Gasteiger partial charge in [-0.05, 0) is 75.2 Å². The van der Waals surface area contributed by atoms with E-state index in [1.54, 1.807) is 76.2 Å². The van der Waals surface area contributed by atoms with Crippen molar-refractivity contribution in [1.82, 2.24) is 4.98 Å². The van der Waals surface area contributed by atoms with Crippen LogP contribution in [0.25, 0.3) is 0 Å². The average molecular weight is 515 g/mol. The lowest BCUT2D eigenvalue weighted by atomic mass is 10.0. The minimum Gasteiger partial charge on any atom is -0.486 e. The summed E-state index contributed by atoms with van der Waals surface area (Å²) in [5.41, 5.74) is 2.43. The summed E-state index contributed by atoms with van der Waals surface area (Å²) in [5.74, 6) is 0.200. The summed E-state index contributed by atoms with van der Waals surface area (Å²) in [6, 6.07) is 17.5. The zero-order valence-electron chi connectivity index (χ0n) is 21.8. The van der Waals surface area contributed by atoms with E-state index in [9.17, 15) is 20.3 Å². The number of amides is 1. The Labute approximate surface area is 222 Å². The van der Waals surface area contributed by atoms with E-state index < -0.39 is 24.4 Å². The number of rotatable bonds is 8. The van der Waals surface area contributed by atoms with Gasteiger partial charge in [0.15, 0.2) is 0 Å². The van der Waals surface area contributed by atoms with Crippen LogP contribution in [0.3, 0.4) is 0 Å². The fourth-order valence-corrected chi connectivity index (χ4v) is 3.79. The molecular formula is C29H30N4O5. The van der Waals surface area contributed by atoms with E-state index in [1.807, 2.05) is 0 Å². The lowest BCUT2D eigenvalue weighted by Crippen LogP contribution is -2.37. The van der Waals surface area contributed by atoms with Gasteiger partial charge in [-0.1, -0.05) is 12.1 Å². The summed E-state index contributed by atoms with van der Waals surface area (Å²) in [6.07, 6.45) is -0.168. The second-order valence-electron chi connectivity index (χ2n) is 9.63. The third-order valence-corrected chi connectivity index (χ3v) is 5.49. The number of nitriles is 2. The van der Waals surface area contributed by atoms with Crippen molar-refractivity contribution in [2.45, 2.75) is 59.2 Å². The molecule has 1 atom stereocenters. The highest BCUT2D eigenvalue weighted by Crippen LogP contribution is 2.34. The Morgan fingerprint density at radius 3 is 2.37 bits per heavy atom. The first-order chi connectivity index (χ1) is 18.1. The van der Waals surface area contributed by atoms with Crippen molar-refractivity contribution in [2.75, 3.05) is 4.90 Å². The molecule has 3 aromatic rings. The van der Waals surface area contributed by atoms with Gasteiger partial charge in [-0.3, -0.25) is 9.88 Å². The molecule has 0 radical (unpaired) electrons. The highest BCUT2D eigenvalue weighted by molar-refractivity contribution is 5.88. The molecule has 1 aromatic heterocycles. The van der Waals surface area contributed by atoms with Crippen LogP contribution >= 0.6 is 0 Å². The highest BCUT2D eigenvalue weighted by Gasteiger charge is 2.27. The molecule has 1 heterocycles. The molecule has 0 aliphatic heterocycles. The summed E-state index contributed by atoms with van der Waals surface area (Å²) < 4.78 is 11.7. The zero-order chi connectivity index (χ0) is 27.9. The van der Waals surface area contributed by atoms with Gasteiger partial charge in [0.25, 0.3) is 0 Å². The van der Waals surface area contributed by atoms with E-state index in [0.29, 0.717) is 27.9 Å². The summed E-state index contributed by atoms with van der Waals surface area (Å²) >= 11 is 0. The molecule has 2 aromatic carbocycles. The third kappa shape index (κ3) is 7.07. The Bertz CT molecular complexity index is 1370. The van der Waals surface area contributed by atoms with Gasteiger partial charge in [0, 0.05) is 17.4 Å². The number of pyridine rings is 1. The summed E-state index contributed by atoms with van der Waals surface area (Å²) in [7, 11) is 0. The van der Waals surface area contributed by atoms with Gasteiger partial charge in [0.2, 0.25) is 0 Å². The van der Waals surface area contributed by atoms with E-state index in [4.69, 9.17) is 14.7 Å². The Morgan fingerprint density at radius 1 is 1.11 bits per heavy atom. The zero-order valence-corrected chi connectivity index (χ0v) is 21.8. The Balaban J connectivity index is 2.04. The predicted molar refractivity (Wildman–Crippen MR) is 140 cm³/mol. The Morgan fingerprint density at radius 2 is 1.79 bits per heavy atom. The third-order valence-electron chi connectivity index (χ3n) is 5.49. The number of aliphatic hydroxyl groups is 2. The topological polar surface area (TPSA) is 140 Å². The van der Waals surface area contributed by atoms with E-state index >= 15 is 0 Å². The number of benzene rings is 2. The number of hydrogen-bond donors (Lipinski definition) is 2. The number of aromatic nitrogens is 1. The standard InChI is InChI=1S/C29H30N4O5/c1-19(35)26-23(15-32-25(17-34)27(26)37-18-22-7-5-6-21(12-22)14-31)16-33(28(36)38-29(2,3)4)24-10-8-20(13-30)9-11-24/h5-12,15,19,34-35H,16-18H2,1-4H3. The van der Waals surface area contributed by atoms with Gasteiger partial charge in [-0.2, -0.15) is 10.5 Å². The van der Waals surface area contributed by atoms with Crippen molar-refractivity contribution in [3.05, 3.63) is 88.2 Å². The second-order valence-corrected chi connectivity index (χ2v) is 9.63. The van der Waals surface area contributed by atoms with Crippen LogP contribution in [-0.2, 0) is 24.5 Å². The Kier molecular flexibility index (Phi) is 9.03. The molecule has 1 unspecified atom stereocenters. The first-order valence-corrected chi connectivity index (χ1v) is 12.0. The lowest BCUT2D eigenvalue weighted by molar-refractivity contribution is 0.0576. The number of carbonyl (C=O) groups is 1. The largest absolute Gasteiger partial charge is 0.486 e. The van der Waals surface area contributed by atoms with Crippen LogP contribution in [0.1, 0.15) is 67.3 Å². The van der Waals surface area contributed by atoms with Crippen LogP contribution in [0, 0.1) is 22.7 Å². The van der Waals surface area contributed by atoms with E-state index in [0.717, 1.165) is 5.56 Å². The lowest BCUT2D eigenvalue weighted by Gasteiger charge is -2.29. The minimum absolute atomic E-state index is 0.0277. The molecule has 38 heavy (non-hydrogen) atoms. The van der Waals surface area contributed by atoms with Crippen molar-refractivity contribution < 1.29 is 24.5 Å². The van der Waals surface area contributed by atoms with E-state index in [1.165, 1.54) is 11.1 Å². The molecule has 0 spiro atoms. The highest BCUT2D eigenvalue weighted by atomic mass is 16.6. The van der Waals surface area contributed by atoms with Crippen molar-refractivity contribution in [2.24, 2.45) is 0 Å². The number of nitrogens with zero attached hydrogens (tertiary/aromatic N) is 4. The van der Waals surface area contributed by atoms with Gasteiger partial charge in [-0.15, -0.1) is 0 Å². The van der Waals surface area contributed by atoms with Crippen molar-refractivity contribution >= 4 is 11.8 Å². The second kappa shape index (κ2) is 12.2. The smallest absolute Gasteiger partial charge is 0.415 e. The van der Waals surface area contributed by atoms with Gasteiger partial charge >= 0.3 is 6.09 Å². The summed E-state index contributed by atoms with van der Waals surface area (Å²) in [4.78, 5) is 19.0. The fraction of sp³-hybridized carbons (Fsp3) is 0.310. The molecule has 0 saturated carbocycles. The van der Waals surface area contributed by atoms with Crippen LogP contribution in [0.5, 0.6) is 5.75 Å². The Hall–Kier alpha value is -4.44. The molecule has 2 N–H and O–H groups in total. The number of carbonyl (C=O) groups excluding carboxylic acids is 1. The molecule has 9 heteroatoms. The van der Waals surface area contributed by atoms with Crippen LogP contribution < -0.4 is 9.64 Å². The molecule has 1 amide bonds. The number of ether oxygens (including phenoxy) is 2. The summed E-state index contributed by atoms with van der Waals surface area (Å²) in [5, 5.41) is 39.0. The van der Waals surface area contributed by atoms with Crippen LogP contribution in [0.4, 0.5) is 10.5 Å². The monoisotopic (exact) mass is 514 g/mol. The number of aliphatic hydroxyl groups excluding tert-OH is 2. The SMILES string of the molecule is CC(O)c1c(CN(C(=O)OC(C)(C)C)c2ccc(C#N)cc2)cnc(CO)c1OCc1cccc(C#N)c1. The van der Waals surface area contributed by atoms with Gasteiger partial charge in [-0.25, -0.2) is 4.79 Å². The van der Waals surface area contributed by atoms with E-state index in [2.05, 4.69) is 17.1 Å². The van der Waals surface area contributed by atoms with Crippen molar-refractivity contribution in [1.29, 1.82) is 10.5 Å². The number of hydrogen-bond acceptors (Lipinski definition) is 8. The van der Waals surface area contributed by atoms with Crippen LogP contribution in [0.15, 0.2) is 54.7 Å². The normalized spacial score (nSPS) is 11.7. The molecule has 3 rings (SSSR count). The molecule has 9 nitrogen and oxygen atoms in total. The van der Waals surface area contributed by atoms with Gasteiger partial charge in [0.1, 0.15) is 23.7 Å². The average Bonchev–Trinajstić information content (AvgIpc) is 2.89. The molecule has 0 bridgehead atoms. The maximum absolute atomic E-state index is 13.2. The van der Waals surface area contributed by atoms with Crippen molar-refractivity contribution in [3.8, 4) is 17.9 Å². The maximum atomic E-state index is 13.2. The molecule has 0 aliphatic carbocycles. The quantitative estimate of drug-likeness (QED) is 0.433. The number of anilines is 1. The molecular weight excluding hydrogens is 484 g/mol. The van der Waals surface area contributed by atoms with Crippen molar-refractivity contribution in [3.63, 3.8) is 0 Å². The van der Waals surface area contributed by atoms with Gasteiger partial charge in [0.05, 0.1) is 42.5 Å². The minimum atomic E-state index is -1.03. The van der Waals surface area contributed by atoms with E-state index in [-0.39, 0.29) is 24.6 Å². The fourth-order valence-electron chi connectivity index (χ4n) is 3.79. The molecule has 196 valence electrons. The molecule has 0 saturated heterocycles. The predicted octanol–water partition coefficient (Wildman–Crippen LogP) is 4.89. The molecule has 0 aliphatic rings. The molecule has 0 fully saturated rings. The first-order valence-electron chi connectivity index (χ1n) is 12.0. The van der Waals surface area contributed by atoms with Gasteiger partial charge < -0.3 is 19.7 Å². The first kappa shape index (κ1) is 28.1. The summed E-state index contributed by atoms with van der Waals surface area (Å²) in [6.45, 7) is 6.44. The maximum Gasteiger partial charge on any atom is 0.415 e. The van der Waals surface area contributed by atoms with Crippen LogP contribution in [-0.4, -0.2) is 26.9 Å².